The molecule has 0 radical (unpaired) electrons. The van der Waals surface area contributed by atoms with E-state index in [0.29, 0.717) is 5.69 Å². The van der Waals surface area contributed by atoms with E-state index in [4.69, 9.17) is 9.47 Å². The van der Waals surface area contributed by atoms with Gasteiger partial charge in [0.25, 0.3) is 0 Å². The normalized spacial score (nSPS) is 12.9. The topological polar surface area (TPSA) is 56.5 Å². The summed E-state index contributed by atoms with van der Waals surface area (Å²) in [5.41, 5.74) is 1.50. The maximum atomic E-state index is 10.2. The van der Waals surface area contributed by atoms with Gasteiger partial charge in [0, 0.05) is 20.4 Å². The number of methoxy groups -OCH3 is 2. The monoisotopic (exact) mass is 248 g/mol. The molecule has 1 aromatic carbocycles. The maximum Gasteiger partial charge on any atom is 0.188 e. The lowest BCUT2D eigenvalue weighted by Gasteiger charge is -2.20. The summed E-state index contributed by atoms with van der Waals surface area (Å²) in [7, 11) is 2.97. The zero-order valence-corrected chi connectivity index (χ0v) is 10.4. The third-order valence-corrected chi connectivity index (χ3v) is 2.70. The number of aromatic nitrogens is 2. The lowest BCUT2D eigenvalue weighted by Crippen LogP contribution is -2.24. The molecule has 1 aromatic heterocycles. The summed E-state index contributed by atoms with van der Waals surface area (Å²) in [6.07, 6.45) is 0.0142. The van der Waals surface area contributed by atoms with Gasteiger partial charge in [-0.2, -0.15) is 5.10 Å². The third-order valence-electron chi connectivity index (χ3n) is 2.70. The Morgan fingerprint density at radius 1 is 1.11 bits per heavy atom. The van der Waals surface area contributed by atoms with Crippen LogP contribution in [0.2, 0.25) is 0 Å². The van der Waals surface area contributed by atoms with Crippen LogP contribution in [0, 0.1) is 0 Å². The summed E-state index contributed by atoms with van der Waals surface area (Å²) < 4.78 is 11.8. The zero-order chi connectivity index (χ0) is 13.0. The molecule has 2 rings (SSSR count). The molecular formula is C13H16N2O3. The highest BCUT2D eigenvalue weighted by molar-refractivity contribution is 5.32. The van der Waals surface area contributed by atoms with Crippen LogP contribution in [-0.2, 0) is 9.47 Å². The molecule has 1 unspecified atom stereocenters. The Labute approximate surface area is 106 Å². The predicted molar refractivity (Wildman–Crippen MR) is 66.3 cm³/mol. The van der Waals surface area contributed by atoms with Crippen molar-refractivity contribution in [2.24, 2.45) is 0 Å². The van der Waals surface area contributed by atoms with Gasteiger partial charge < -0.3 is 14.6 Å². The van der Waals surface area contributed by atoms with E-state index in [1.54, 1.807) is 16.9 Å². The van der Waals surface area contributed by atoms with Gasteiger partial charge in [-0.05, 0) is 18.2 Å². The van der Waals surface area contributed by atoms with Crippen molar-refractivity contribution >= 4 is 0 Å². The number of aliphatic hydroxyl groups is 1. The van der Waals surface area contributed by atoms with Crippen molar-refractivity contribution in [1.29, 1.82) is 0 Å². The largest absolute Gasteiger partial charge is 0.381 e. The second kappa shape index (κ2) is 5.77. The van der Waals surface area contributed by atoms with Crippen LogP contribution >= 0.6 is 0 Å². The van der Waals surface area contributed by atoms with E-state index in [0.717, 1.165) is 5.69 Å². The van der Waals surface area contributed by atoms with Gasteiger partial charge in [0.15, 0.2) is 6.29 Å². The molecule has 1 atom stereocenters. The minimum absolute atomic E-state index is 0.620. The van der Waals surface area contributed by atoms with Crippen molar-refractivity contribution in [3.05, 3.63) is 48.3 Å². The molecule has 1 N–H and O–H groups in total. The van der Waals surface area contributed by atoms with E-state index in [9.17, 15) is 5.11 Å². The summed E-state index contributed by atoms with van der Waals surface area (Å²) in [6.45, 7) is 0. The fourth-order valence-electron chi connectivity index (χ4n) is 1.82. The number of nitrogens with zero attached hydrogens (tertiary/aromatic N) is 2. The van der Waals surface area contributed by atoms with Gasteiger partial charge in [0.1, 0.15) is 6.10 Å². The second-order valence-electron chi connectivity index (χ2n) is 3.79. The molecule has 0 bridgehead atoms. The molecule has 0 fully saturated rings. The summed E-state index contributed by atoms with van der Waals surface area (Å²) in [5.74, 6) is 0. The Hall–Kier alpha value is -1.69. The molecule has 0 spiro atoms. The zero-order valence-electron chi connectivity index (χ0n) is 10.4. The van der Waals surface area contributed by atoms with E-state index in [-0.39, 0.29) is 0 Å². The number of benzene rings is 1. The first-order valence-electron chi connectivity index (χ1n) is 5.61. The van der Waals surface area contributed by atoms with Gasteiger partial charge in [0.05, 0.1) is 11.4 Å². The van der Waals surface area contributed by atoms with Gasteiger partial charge in [0.2, 0.25) is 0 Å². The standard InChI is InChI=1S/C13H16N2O3/c1-17-13(18-2)12(16)11-8-9-14-15(11)10-6-4-3-5-7-10/h3-9,12-13,16H,1-2H3. The van der Waals surface area contributed by atoms with Crippen molar-refractivity contribution in [1.82, 2.24) is 9.78 Å². The molecule has 5 heteroatoms. The molecule has 1 heterocycles. The fraction of sp³-hybridized carbons (Fsp3) is 0.308. The average Bonchev–Trinajstić information content (AvgIpc) is 2.90. The Morgan fingerprint density at radius 2 is 1.78 bits per heavy atom. The van der Waals surface area contributed by atoms with Crippen molar-refractivity contribution in [3.63, 3.8) is 0 Å². The number of hydrogen-bond acceptors (Lipinski definition) is 4. The lowest BCUT2D eigenvalue weighted by molar-refractivity contribution is -0.167. The van der Waals surface area contributed by atoms with Crippen LogP contribution in [0.5, 0.6) is 0 Å². The quantitative estimate of drug-likeness (QED) is 0.815. The summed E-state index contributed by atoms with van der Waals surface area (Å²) in [6, 6.07) is 11.3. The number of ether oxygens (including phenoxy) is 2. The third kappa shape index (κ3) is 2.43. The van der Waals surface area contributed by atoms with Crippen LogP contribution in [0.3, 0.4) is 0 Å². The molecule has 0 saturated heterocycles. The minimum atomic E-state index is -0.900. The molecule has 5 nitrogen and oxygen atoms in total. The van der Waals surface area contributed by atoms with Crippen LogP contribution in [0.15, 0.2) is 42.6 Å². The van der Waals surface area contributed by atoms with Gasteiger partial charge in [-0.25, -0.2) is 4.68 Å². The fourth-order valence-corrected chi connectivity index (χ4v) is 1.82. The number of rotatable bonds is 5. The molecule has 96 valence electrons. The number of hydrogen-bond donors (Lipinski definition) is 1. The van der Waals surface area contributed by atoms with Crippen LogP contribution in [0.25, 0.3) is 5.69 Å². The van der Waals surface area contributed by atoms with Crippen molar-refractivity contribution in [2.75, 3.05) is 14.2 Å². The highest BCUT2D eigenvalue weighted by atomic mass is 16.7. The highest BCUT2D eigenvalue weighted by Crippen LogP contribution is 2.21. The van der Waals surface area contributed by atoms with E-state index in [1.165, 1.54) is 14.2 Å². The molecule has 0 amide bonds. The first-order chi connectivity index (χ1) is 8.77. The molecule has 0 aliphatic carbocycles. The second-order valence-corrected chi connectivity index (χ2v) is 3.79. The molecule has 0 aliphatic rings. The van der Waals surface area contributed by atoms with Crippen LogP contribution in [0.4, 0.5) is 0 Å². The molecule has 2 aromatic rings. The van der Waals surface area contributed by atoms with E-state index < -0.39 is 12.4 Å². The Bertz CT molecular complexity index is 480. The van der Waals surface area contributed by atoms with Crippen molar-refractivity contribution in [3.8, 4) is 5.69 Å². The summed E-state index contributed by atoms with van der Waals surface area (Å²) in [5, 5.41) is 14.4. The van der Waals surface area contributed by atoms with Crippen molar-refractivity contribution in [2.45, 2.75) is 12.4 Å². The lowest BCUT2D eigenvalue weighted by atomic mass is 10.2. The van der Waals surface area contributed by atoms with E-state index in [2.05, 4.69) is 5.10 Å². The first-order valence-corrected chi connectivity index (χ1v) is 5.61. The van der Waals surface area contributed by atoms with E-state index in [1.807, 2.05) is 30.3 Å². The van der Waals surface area contributed by atoms with Gasteiger partial charge in [-0.3, -0.25) is 0 Å². The smallest absolute Gasteiger partial charge is 0.188 e. The summed E-state index contributed by atoms with van der Waals surface area (Å²) in [4.78, 5) is 0. The Balaban J connectivity index is 2.33. The predicted octanol–water partition coefficient (Wildman–Crippen LogP) is 1.52. The van der Waals surface area contributed by atoms with Crippen LogP contribution < -0.4 is 0 Å². The number of para-hydroxylation sites is 1. The first kappa shape index (κ1) is 12.8. The van der Waals surface area contributed by atoms with Gasteiger partial charge in [-0.1, -0.05) is 18.2 Å². The minimum Gasteiger partial charge on any atom is -0.381 e. The molecule has 0 saturated carbocycles. The summed E-state index contributed by atoms with van der Waals surface area (Å²) >= 11 is 0. The number of aliphatic hydroxyl groups excluding tert-OH is 1. The molecular weight excluding hydrogens is 232 g/mol. The van der Waals surface area contributed by atoms with E-state index >= 15 is 0 Å². The average molecular weight is 248 g/mol. The highest BCUT2D eigenvalue weighted by Gasteiger charge is 2.23. The maximum absolute atomic E-state index is 10.2. The SMILES string of the molecule is COC(OC)C(O)c1ccnn1-c1ccccc1. The van der Waals surface area contributed by atoms with Gasteiger partial charge in [-0.15, -0.1) is 0 Å². The van der Waals surface area contributed by atoms with Crippen LogP contribution in [0.1, 0.15) is 11.8 Å². The van der Waals surface area contributed by atoms with Crippen molar-refractivity contribution < 1.29 is 14.6 Å². The Kier molecular flexibility index (Phi) is 4.09. The molecule has 18 heavy (non-hydrogen) atoms. The Morgan fingerprint density at radius 3 is 2.39 bits per heavy atom. The van der Waals surface area contributed by atoms with Gasteiger partial charge >= 0.3 is 0 Å². The molecule has 0 aliphatic heterocycles. The van der Waals surface area contributed by atoms with Crippen LogP contribution in [-0.4, -0.2) is 35.4 Å².